The van der Waals surface area contributed by atoms with E-state index >= 15 is 0 Å². The minimum atomic E-state index is -4.72. The van der Waals surface area contributed by atoms with Gasteiger partial charge >= 0.3 is 6.36 Å². The molecule has 2 aromatic carbocycles. The molecule has 2 rings (SSSR count). The van der Waals surface area contributed by atoms with E-state index in [2.05, 4.69) is 15.0 Å². The zero-order valence-corrected chi connectivity index (χ0v) is 15.3. The summed E-state index contributed by atoms with van der Waals surface area (Å²) in [5.74, 6) is 0.0100. The SMILES string of the molecule is I.NC(=NCCc1cccc(O)c1)Nc1ccc(OC(F)(F)F)cc1. The van der Waals surface area contributed by atoms with Gasteiger partial charge in [-0.1, -0.05) is 12.1 Å². The largest absolute Gasteiger partial charge is 0.573 e. The number of anilines is 1. The van der Waals surface area contributed by atoms with Crippen LogP contribution < -0.4 is 15.8 Å². The van der Waals surface area contributed by atoms with Crippen molar-refractivity contribution in [2.24, 2.45) is 10.7 Å². The van der Waals surface area contributed by atoms with Gasteiger partial charge in [-0.25, -0.2) is 0 Å². The zero-order valence-electron chi connectivity index (χ0n) is 13.0. The van der Waals surface area contributed by atoms with E-state index in [0.29, 0.717) is 18.7 Å². The van der Waals surface area contributed by atoms with Gasteiger partial charge < -0.3 is 20.9 Å². The molecule has 0 amide bonds. The number of nitrogens with one attached hydrogen (secondary N) is 1. The van der Waals surface area contributed by atoms with Crippen molar-refractivity contribution < 1.29 is 23.0 Å². The van der Waals surface area contributed by atoms with Crippen molar-refractivity contribution in [3.63, 3.8) is 0 Å². The van der Waals surface area contributed by atoms with Crippen LogP contribution in [0.4, 0.5) is 18.9 Å². The number of hydrogen-bond acceptors (Lipinski definition) is 3. The summed E-state index contributed by atoms with van der Waals surface area (Å²) in [6.07, 6.45) is -4.13. The average Bonchev–Trinajstić information content (AvgIpc) is 2.48. The Hall–Kier alpha value is -2.17. The van der Waals surface area contributed by atoms with Crippen LogP contribution in [0.3, 0.4) is 0 Å². The van der Waals surface area contributed by atoms with Gasteiger partial charge in [-0.05, 0) is 48.4 Å². The molecule has 0 aliphatic carbocycles. The third-order valence-corrected chi connectivity index (χ3v) is 2.95. The average molecular weight is 467 g/mol. The first kappa shape index (κ1) is 20.9. The fourth-order valence-corrected chi connectivity index (χ4v) is 1.94. The van der Waals surface area contributed by atoms with Crippen LogP contribution in [0.2, 0.25) is 0 Å². The van der Waals surface area contributed by atoms with Gasteiger partial charge in [0.05, 0.1) is 0 Å². The summed E-state index contributed by atoms with van der Waals surface area (Å²) in [5.41, 5.74) is 7.12. The van der Waals surface area contributed by atoms with Crippen LogP contribution in [-0.4, -0.2) is 24.0 Å². The van der Waals surface area contributed by atoms with E-state index in [1.165, 1.54) is 24.3 Å². The van der Waals surface area contributed by atoms with Gasteiger partial charge in [-0.3, -0.25) is 4.99 Å². The monoisotopic (exact) mass is 467 g/mol. The molecule has 9 heteroatoms. The summed E-state index contributed by atoms with van der Waals surface area (Å²) in [6.45, 7) is 0.400. The number of rotatable bonds is 5. The van der Waals surface area contributed by atoms with Crippen LogP contribution in [0.1, 0.15) is 5.56 Å². The maximum absolute atomic E-state index is 12.1. The van der Waals surface area contributed by atoms with Crippen LogP contribution in [-0.2, 0) is 6.42 Å². The maximum Gasteiger partial charge on any atom is 0.573 e. The molecule has 0 radical (unpaired) electrons. The zero-order chi connectivity index (χ0) is 17.6. The van der Waals surface area contributed by atoms with Crippen LogP contribution in [0.25, 0.3) is 0 Å². The van der Waals surface area contributed by atoms with Crippen molar-refractivity contribution in [2.75, 3.05) is 11.9 Å². The predicted molar refractivity (Wildman–Crippen MR) is 100 cm³/mol. The molecule has 0 saturated carbocycles. The molecule has 5 nitrogen and oxygen atoms in total. The molecule has 0 aromatic heterocycles. The number of ether oxygens (including phenoxy) is 1. The van der Waals surface area contributed by atoms with E-state index in [9.17, 15) is 18.3 Å². The van der Waals surface area contributed by atoms with E-state index in [1.54, 1.807) is 18.2 Å². The quantitative estimate of drug-likeness (QED) is 0.355. The third-order valence-electron chi connectivity index (χ3n) is 2.95. The van der Waals surface area contributed by atoms with Crippen molar-refractivity contribution >= 4 is 35.6 Å². The van der Waals surface area contributed by atoms with E-state index < -0.39 is 6.36 Å². The Balaban J connectivity index is 0.00000312. The van der Waals surface area contributed by atoms with Gasteiger partial charge in [0.25, 0.3) is 0 Å². The van der Waals surface area contributed by atoms with Crippen LogP contribution in [0, 0.1) is 0 Å². The normalized spacial score (nSPS) is 11.6. The Bertz CT molecular complexity index is 707. The summed E-state index contributed by atoms with van der Waals surface area (Å²) >= 11 is 0. The highest BCUT2D eigenvalue weighted by molar-refractivity contribution is 14.0. The van der Waals surface area contributed by atoms with Crippen LogP contribution >= 0.6 is 24.0 Å². The lowest BCUT2D eigenvalue weighted by Crippen LogP contribution is -2.23. The van der Waals surface area contributed by atoms with Crippen LogP contribution in [0.15, 0.2) is 53.5 Å². The second kappa shape index (κ2) is 9.35. The number of guanidine groups is 1. The molecule has 0 saturated heterocycles. The topological polar surface area (TPSA) is 79.9 Å². The molecule has 0 atom stereocenters. The number of benzene rings is 2. The number of phenolic OH excluding ortho intramolecular Hbond substituents is 1. The molecule has 0 unspecified atom stereocenters. The lowest BCUT2D eigenvalue weighted by molar-refractivity contribution is -0.274. The smallest absolute Gasteiger partial charge is 0.508 e. The Labute approximate surface area is 159 Å². The Morgan fingerprint density at radius 1 is 1.16 bits per heavy atom. The highest BCUT2D eigenvalue weighted by Gasteiger charge is 2.30. The number of nitrogens with two attached hydrogens (primary N) is 1. The molecule has 2 aromatic rings. The second-order valence-electron chi connectivity index (χ2n) is 4.88. The Morgan fingerprint density at radius 2 is 1.84 bits per heavy atom. The first-order valence-corrected chi connectivity index (χ1v) is 7.02. The van der Waals surface area contributed by atoms with E-state index in [0.717, 1.165) is 5.56 Å². The van der Waals surface area contributed by atoms with Gasteiger partial charge in [0.2, 0.25) is 0 Å². The van der Waals surface area contributed by atoms with Crippen LogP contribution in [0.5, 0.6) is 11.5 Å². The fraction of sp³-hybridized carbons (Fsp3) is 0.188. The van der Waals surface area contributed by atoms with Crippen molar-refractivity contribution in [2.45, 2.75) is 12.8 Å². The molecule has 136 valence electrons. The Morgan fingerprint density at radius 3 is 2.44 bits per heavy atom. The second-order valence-corrected chi connectivity index (χ2v) is 4.88. The van der Waals surface area contributed by atoms with Crippen molar-refractivity contribution in [1.82, 2.24) is 0 Å². The molecule has 0 fully saturated rings. The van der Waals surface area contributed by atoms with Crippen molar-refractivity contribution in [3.05, 3.63) is 54.1 Å². The highest BCUT2D eigenvalue weighted by atomic mass is 127. The lowest BCUT2D eigenvalue weighted by Gasteiger charge is -2.10. The van der Waals surface area contributed by atoms with E-state index in [-0.39, 0.29) is 41.4 Å². The van der Waals surface area contributed by atoms with E-state index in [4.69, 9.17) is 5.73 Å². The summed E-state index contributed by atoms with van der Waals surface area (Å²) in [4.78, 5) is 4.12. The van der Waals surface area contributed by atoms with Crippen molar-refractivity contribution in [3.8, 4) is 11.5 Å². The first-order chi connectivity index (χ1) is 11.3. The lowest BCUT2D eigenvalue weighted by atomic mass is 10.1. The molecule has 0 bridgehead atoms. The molecule has 4 N–H and O–H groups in total. The first-order valence-electron chi connectivity index (χ1n) is 7.02. The van der Waals surface area contributed by atoms with Gasteiger partial charge in [0, 0.05) is 12.2 Å². The summed E-state index contributed by atoms with van der Waals surface area (Å²) in [5, 5.41) is 12.1. The number of hydrogen-bond donors (Lipinski definition) is 3. The maximum atomic E-state index is 12.1. The summed E-state index contributed by atoms with van der Waals surface area (Å²) in [6, 6.07) is 12.0. The number of aromatic hydroxyl groups is 1. The van der Waals surface area contributed by atoms with Gasteiger partial charge in [0.15, 0.2) is 5.96 Å². The molecule has 0 aliphatic rings. The van der Waals surface area contributed by atoms with Gasteiger partial charge in [0.1, 0.15) is 11.5 Å². The molecular formula is C16H17F3IN3O2. The third kappa shape index (κ3) is 7.96. The summed E-state index contributed by atoms with van der Waals surface area (Å²) in [7, 11) is 0. The number of alkyl halides is 3. The minimum Gasteiger partial charge on any atom is -0.508 e. The van der Waals surface area contributed by atoms with E-state index in [1.807, 2.05) is 6.07 Å². The molecular weight excluding hydrogens is 450 g/mol. The van der Waals surface area contributed by atoms with Gasteiger partial charge in [-0.15, -0.1) is 37.1 Å². The highest BCUT2D eigenvalue weighted by Crippen LogP contribution is 2.23. The Kier molecular flexibility index (Phi) is 7.81. The molecule has 0 spiro atoms. The number of halogens is 4. The molecule has 0 aliphatic heterocycles. The number of aliphatic imine (C=N–C) groups is 1. The van der Waals surface area contributed by atoms with Crippen molar-refractivity contribution in [1.29, 1.82) is 0 Å². The molecule has 25 heavy (non-hydrogen) atoms. The minimum absolute atomic E-state index is 0. The predicted octanol–water partition coefficient (Wildman–Crippen LogP) is 3.88. The standard InChI is InChI=1S/C16H16F3N3O2.HI/c17-16(18,19)24-14-6-4-12(5-7-14)22-15(20)21-9-8-11-2-1-3-13(23)10-11;/h1-7,10,23H,8-9H2,(H3,20,21,22);1H. The summed E-state index contributed by atoms with van der Waals surface area (Å²) < 4.78 is 40.0. The fourth-order valence-electron chi connectivity index (χ4n) is 1.94. The molecule has 0 heterocycles. The number of nitrogens with zero attached hydrogens (tertiary/aromatic N) is 1. The number of phenols is 1. The van der Waals surface area contributed by atoms with Gasteiger partial charge in [-0.2, -0.15) is 0 Å².